The molecule has 0 spiro atoms. The van der Waals surface area contributed by atoms with Gasteiger partial charge in [-0.15, -0.1) is 0 Å². The van der Waals surface area contributed by atoms with E-state index in [1.807, 2.05) is 13.8 Å². The van der Waals surface area contributed by atoms with Crippen LogP contribution in [0.5, 0.6) is 0 Å². The molecule has 1 atom stereocenters. The Hall–Kier alpha value is -1.66. The van der Waals surface area contributed by atoms with E-state index >= 15 is 0 Å². The Morgan fingerprint density at radius 3 is 2.57 bits per heavy atom. The van der Waals surface area contributed by atoms with E-state index in [0.29, 0.717) is 0 Å². The summed E-state index contributed by atoms with van der Waals surface area (Å²) >= 11 is 5.84. The van der Waals surface area contributed by atoms with Crippen molar-refractivity contribution in [3.8, 4) is 0 Å². The lowest BCUT2D eigenvalue weighted by Crippen LogP contribution is -2.47. The first-order valence-corrected chi connectivity index (χ1v) is 6.93. The van der Waals surface area contributed by atoms with E-state index < -0.39 is 23.7 Å². The van der Waals surface area contributed by atoms with E-state index in [9.17, 15) is 14.0 Å². The first kappa shape index (κ1) is 17.4. The molecule has 5 nitrogen and oxygen atoms in total. The van der Waals surface area contributed by atoms with Gasteiger partial charge in [0, 0.05) is 17.1 Å². The lowest BCUT2D eigenvalue weighted by atomic mass is 10.1. The molecule has 116 valence electrons. The maximum atomic E-state index is 13.5. The van der Waals surface area contributed by atoms with Gasteiger partial charge in [0.25, 0.3) is 0 Å². The summed E-state index contributed by atoms with van der Waals surface area (Å²) in [5.74, 6) is -1.36. The van der Waals surface area contributed by atoms with Gasteiger partial charge in [-0.25, -0.2) is 4.39 Å². The monoisotopic (exact) mass is 315 g/mol. The highest BCUT2D eigenvalue weighted by molar-refractivity contribution is 6.31. The van der Waals surface area contributed by atoms with Gasteiger partial charge in [0.15, 0.2) is 0 Å². The molecule has 0 aliphatic carbocycles. The Bertz CT molecular complexity index is 503. The third kappa shape index (κ3) is 5.32. The van der Waals surface area contributed by atoms with Crippen LogP contribution >= 0.6 is 11.6 Å². The van der Waals surface area contributed by atoms with Crippen LogP contribution in [0.15, 0.2) is 18.2 Å². The topological polar surface area (TPSA) is 84.2 Å². The Morgan fingerprint density at radius 2 is 2.00 bits per heavy atom. The summed E-state index contributed by atoms with van der Waals surface area (Å²) in [4.78, 5) is 23.2. The molecule has 1 rings (SSSR count). The summed E-state index contributed by atoms with van der Waals surface area (Å²) < 4.78 is 13.5. The number of nitrogens with one attached hydrogen (secondary N) is 2. The normalized spacial score (nSPS) is 12.1. The van der Waals surface area contributed by atoms with Crippen molar-refractivity contribution in [2.24, 2.45) is 11.7 Å². The van der Waals surface area contributed by atoms with Crippen molar-refractivity contribution in [2.45, 2.75) is 26.4 Å². The van der Waals surface area contributed by atoms with Crippen LogP contribution in [0.1, 0.15) is 19.4 Å². The molecule has 0 radical (unpaired) electrons. The second-order valence-corrected chi connectivity index (χ2v) is 5.37. The predicted octanol–water partition coefficient (Wildman–Crippen LogP) is 1.19. The van der Waals surface area contributed by atoms with Crippen molar-refractivity contribution in [2.75, 3.05) is 6.54 Å². The van der Waals surface area contributed by atoms with Gasteiger partial charge in [0.05, 0.1) is 12.6 Å². The molecule has 0 aromatic heterocycles. The standard InChI is InChI=1S/C14H19ClFN3O2/c1-8(2)13(17)14(21)19-7-12(20)18-6-9-10(15)4-3-5-11(9)16/h3-5,8,13H,6-7,17H2,1-2H3,(H,18,20)(H,19,21)/t13-/m0/s1. The van der Waals surface area contributed by atoms with Crippen molar-refractivity contribution in [1.82, 2.24) is 10.6 Å². The van der Waals surface area contributed by atoms with Crippen LogP contribution in [0.4, 0.5) is 4.39 Å². The van der Waals surface area contributed by atoms with Crippen LogP contribution < -0.4 is 16.4 Å². The smallest absolute Gasteiger partial charge is 0.239 e. The SMILES string of the molecule is CC(C)[C@H](N)C(=O)NCC(=O)NCc1c(F)cccc1Cl. The highest BCUT2D eigenvalue weighted by atomic mass is 35.5. The first-order valence-electron chi connectivity index (χ1n) is 6.55. The number of hydrogen-bond donors (Lipinski definition) is 3. The Balaban J connectivity index is 2.43. The first-order chi connectivity index (χ1) is 9.82. The zero-order valence-electron chi connectivity index (χ0n) is 12.0. The Morgan fingerprint density at radius 1 is 1.33 bits per heavy atom. The van der Waals surface area contributed by atoms with Crippen LogP contribution in [0.25, 0.3) is 0 Å². The molecule has 7 heteroatoms. The number of benzene rings is 1. The number of halogens is 2. The number of nitrogens with two attached hydrogens (primary N) is 1. The van der Waals surface area contributed by atoms with E-state index in [-0.39, 0.29) is 29.6 Å². The molecule has 1 aromatic rings. The Labute approximate surface area is 128 Å². The van der Waals surface area contributed by atoms with Crippen LogP contribution in [0.3, 0.4) is 0 Å². The van der Waals surface area contributed by atoms with Crippen LogP contribution in [0, 0.1) is 11.7 Å². The minimum atomic E-state index is -0.668. The third-order valence-electron chi connectivity index (χ3n) is 2.97. The molecule has 0 bridgehead atoms. The molecule has 0 aliphatic rings. The van der Waals surface area contributed by atoms with Gasteiger partial charge >= 0.3 is 0 Å². The lowest BCUT2D eigenvalue weighted by Gasteiger charge is -2.15. The largest absolute Gasteiger partial charge is 0.350 e. The molecule has 21 heavy (non-hydrogen) atoms. The van der Waals surface area contributed by atoms with Crippen molar-refractivity contribution in [3.05, 3.63) is 34.6 Å². The summed E-state index contributed by atoms with van der Waals surface area (Å²) in [6, 6.07) is 3.61. The summed E-state index contributed by atoms with van der Waals surface area (Å²) in [6.45, 7) is 3.36. The molecular formula is C14H19ClFN3O2. The fraction of sp³-hybridized carbons (Fsp3) is 0.429. The van der Waals surface area contributed by atoms with Crippen LogP contribution in [0.2, 0.25) is 5.02 Å². The minimum Gasteiger partial charge on any atom is -0.350 e. The number of hydrogen-bond acceptors (Lipinski definition) is 3. The Kier molecular flexibility index (Phi) is 6.58. The number of carbonyl (C=O) groups is 2. The van der Waals surface area contributed by atoms with E-state index in [1.54, 1.807) is 0 Å². The molecule has 0 aliphatic heterocycles. The third-order valence-corrected chi connectivity index (χ3v) is 3.32. The van der Waals surface area contributed by atoms with Gasteiger partial charge in [-0.3, -0.25) is 9.59 Å². The highest BCUT2D eigenvalue weighted by Gasteiger charge is 2.17. The molecule has 0 heterocycles. The van der Waals surface area contributed by atoms with Crippen molar-refractivity contribution < 1.29 is 14.0 Å². The summed E-state index contributed by atoms with van der Waals surface area (Å²) in [5, 5.41) is 5.15. The molecule has 0 unspecified atom stereocenters. The molecule has 0 saturated carbocycles. The predicted molar refractivity (Wildman–Crippen MR) is 79.1 cm³/mol. The maximum absolute atomic E-state index is 13.5. The van der Waals surface area contributed by atoms with Crippen molar-refractivity contribution in [1.29, 1.82) is 0 Å². The molecule has 2 amide bonds. The molecule has 0 saturated heterocycles. The fourth-order valence-corrected chi connectivity index (χ4v) is 1.77. The van der Waals surface area contributed by atoms with Gasteiger partial charge in [0.2, 0.25) is 11.8 Å². The molecule has 4 N–H and O–H groups in total. The zero-order chi connectivity index (χ0) is 16.0. The summed E-state index contributed by atoms with van der Waals surface area (Å²) in [5.41, 5.74) is 5.85. The van der Waals surface area contributed by atoms with Crippen LogP contribution in [-0.2, 0) is 16.1 Å². The fourth-order valence-electron chi connectivity index (χ4n) is 1.54. The number of rotatable bonds is 6. The van der Waals surface area contributed by atoms with E-state index in [4.69, 9.17) is 17.3 Å². The van der Waals surface area contributed by atoms with Gasteiger partial charge in [-0.2, -0.15) is 0 Å². The quantitative estimate of drug-likeness (QED) is 0.737. The lowest BCUT2D eigenvalue weighted by molar-refractivity contribution is -0.127. The average Bonchev–Trinajstić information content (AvgIpc) is 2.43. The van der Waals surface area contributed by atoms with Crippen LogP contribution in [-0.4, -0.2) is 24.4 Å². The van der Waals surface area contributed by atoms with E-state index in [1.165, 1.54) is 18.2 Å². The zero-order valence-corrected chi connectivity index (χ0v) is 12.7. The second-order valence-electron chi connectivity index (χ2n) is 4.96. The second kappa shape index (κ2) is 7.95. The minimum absolute atomic E-state index is 0.0229. The summed E-state index contributed by atoms with van der Waals surface area (Å²) in [7, 11) is 0. The van der Waals surface area contributed by atoms with Crippen molar-refractivity contribution in [3.63, 3.8) is 0 Å². The van der Waals surface area contributed by atoms with Gasteiger partial charge in [0.1, 0.15) is 5.82 Å². The average molecular weight is 316 g/mol. The maximum Gasteiger partial charge on any atom is 0.239 e. The van der Waals surface area contributed by atoms with E-state index in [0.717, 1.165) is 0 Å². The number of carbonyl (C=O) groups excluding carboxylic acids is 2. The highest BCUT2D eigenvalue weighted by Crippen LogP contribution is 2.18. The molecule has 1 aromatic carbocycles. The molecule has 0 fully saturated rings. The van der Waals surface area contributed by atoms with E-state index in [2.05, 4.69) is 10.6 Å². The molecular weight excluding hydrogens is 297 g/mol. The number of amides is 2. The summed E-state index contributed by atoms with van der Waals surface area (Å²) in [6.07, 6.45) is 0. The van der Waals surface area contributed by atoms with Gasteiger partial charge in [-0.1, -0.05) is 31.5 Å². The van der Waals surface area contributed by atoms with Crippen molar-refractivity contribution >= 4 is 23.4 Å². The van der Waals surface area contributed by atoms with Gasteiger partial charge in [-0.05, 0) is 18.1 Å². The van der Waals surface area contributed by atoms with Gasteiger partial charge < -0.3 is 16.4 Å².